The molecule has 19 heavy (non-hydrogen) atoms. The van der Waals surface area contributed by atoms with E-state index in [2.05, 4.69) is 0 Å². The lowest BCUT2D eigenvalue weighted by atomic mass is 9.84. The van der Waals surface area contributed by atoms with E-state index >= 15 is 0 Å². The molecule has 1 spiro atoms. The standard InChI is InChI=1S/C13H15FO4S/c14-9-1-2-12-10(7-9)11(15)8-13(18-12)3-5-19(16,17)6-4-13/h1-2,7,11,15H,3-6,8H2/t11-/m0/s1. The van der Waals surface area contributed by atoms with Crippen LogP contribution in [0.1, 0.15) is 30.9 Å². The second kappa shape index (κ2) is 4.18. The van der Waals surface area contributed by atoms with E-state index in [9.17, 15) is 17.9 Å². The number of aliphatic hydroxyl groups excluding tert-OH is 1. The second-order valence-corrected chi connectivity index (χ2v) is 7.64. The molecule has 0 bridgehead atoms. The first-order valence-corrected chi connectivity index (χ1v) is 8.08. The molecule has 2 heterocycles. The molecule has 0 unspecified atom stereocenters. The van der Waals surface area contributed by atoms with Crippen LogP contribution in [0, 0.1) is 5.82 Å². The van der Waals surface area contributed by atoms with Crippen molar-refractivity contribution in [2.45, 2.75) is 31.0 Å². The molecule has 1 fully saturated rings. The second-order valence-electron chi connectivity index (χ2n) is 5.34. The van der Waals surface area contributed by atoms with Crippen LogP contribution in [0.5, 0.6) is 5.75 Å². The predicted octanol–water partition coefficient (Wildman–Crippen LogP) is 1.59. The fourth-order valence-electron chi connectivity index (χ4n) is 2.83. The van der Waals surface area contributed by atoms with Crippen molar-refractivity contribution in [3.8, 4) is 5.75 Å². The molecule has 0 aliphatic carbocycles. The van der Waals surface area contributed by atoms with Crippen molar-refractivity contribution in [1.29, 1.82) is 0 Å². The quantitative estimate of drug-likeness (QED) is 0.786. The smallest absolute Gasteiger partial charge is 0.150 e. The Balaban J connectivity index is 1.91. The Kier molecular flexibility index (Phi) is 2.83. The molecule has 2 aliphatic rings. The minimum absolute atomic E-state index is 0.0796. The summed E-state index contributed by atoms with van der Waals surface area (Å²) >= 11 is 0. The minimum Gasteiger partial charge on any atom is -0.487 e. The van der Waals surface area contributed by atoms with Crippen molar-refractivity contribution in [1.82, 2.24) is 0 Å². The summed E-state index contributed by atoms with van der Waals surface area (Å²) in [6, 6.07) is 4.05. The number of halogens is 1. The number of benzene rings is 1. The van der Waals surface area contributed by atoms with Crippen molar-refractivity contribution in [2.75, 3.05) is 11.5 Å². The van der Waals surface area contributed by atoms with E-state index < -0.39 is 27.4 Å². The highest BCUT2D eigenvalue weighted by Gasteiger charge is 2.44. The van der Waals surface area contributed by atoms with Crippen molar-refractivity contribution in [2.24, 2.45) is 0 Å². The average molecular weight is 286 g/mol. The molecule has 0 amide bonds. The number of hydrogen-bond acceptors (Lipinski definition) is 4. The number of rotatable bonds is 0. The lowest BCUT2D eigenvalue weighted by Gasteiger charge is -2.43. The van der Waals surface area contributed by atoms with Gasteiger partial charge in [-0.25, -0.2) is 12.8 Å². The first kappa shape index (κ1) is 12.9. The van der Waals surface area contributed by atoms with Crippen LogP contribution in [0.2, 0.25) is 0 Å². The van der Waals surface area contributed by atoms with Crippen molar-refractivity contribution < 1.29 is 22.7 Å². The van der Waals surface area contributed by atoms with Crippen LogP contribution < -0.4 is 4.74 Å². The summed E-state index contributed by atoms with van der Waals surface area (Å²) in [6.07, 6.45) is 0.269. The number of aliphatic hydroxyl groups is 1. The van der Waals surface area contributed by atoms with Crippen molar-refractivity contribution >= 4 is 9.84 Å². The predicted molar refractivity (Wildman–Crippen MR) is 67.2 cm³/mol. The first-order valence-electron chi connectivity index (χ1n) is 6.26. The molecule has 0 aromatic heterocycles. The SMILES string of the molecule is O=S1(=O)CCC2(CC1)C[C@H](O)c1cc(F)ccc1O2. The van der Waals surface area contributed by atoms with Gasteiger partial charge in [0.05, 0.1) is 17.6 Å². The van der Waals surface area contributed by atoms with Gasteiger partial charge in [-0.15, -0.1) is 0 Å². The third kappa shape index (κ3) is 2.34. The minimum atomic E-state index is -2.98. The molecule has 2 aliphatic heterocycles. The van der Waals surface area contributed by atoms with Crippen molar-refractivity contribution in [3.63, 3.8) is 0 Å². The van der Waals surface area contributed by atoms with E-state index in [-0.39, 0.29) is 11.5 Å². The highest BCUT2D eigenvalue weighted by atomic mass is 32.2. The van der Waals surface area contributed by atoms with Gasteiger partial charge in [-0.3, -0.25) is 0 Å². The number of sulfone groups is 1. The molecule has 0 saturated carbocycles. The topological polar surface area (TPSA) is 63.6 Å². The van der Waals surface area contributed by atoms with Gasteiger partial charge >= 0.3 is 0 Å². The molecule has 1 atom stereocenters. The monoisotopic (exact) mass is 286 g/mol. The maximum atomic E-state index is 13.2. The molecule has 1 aromatic carbocycles. The highest BCUT2D eigenvalue weighted by Crippen LogP contribution is 2.44. The zero-order chi connectivity index (χ0) is 13.7. The maximum Gasteiger partial charge on any atom is 0.150 e. The molecule has 1 N–H and O–H groups in total. The highest BCUT2D eigenvalue weighted by molar-refractivity contribution is 7.91. The van der Waals surface area contributed by atoms with Crippen LogP contribution in [-0.2, 0) is 9.84 Å². The van der Waals surface area contributed by atoms with E-state index in [4.69, 9.17) is 4.74 Å². The number of fused-ring (bicyclic) bond motifs is 1. The van der Waals surface area contributed by atoms with E-state index in [1.54, 1.807) is 0 Å². The summed E-state index contributed by atoms with van der Waals surface area (Å²) in [6.45, 7) is 0. The summed E-state index contributed by atoms with van der Waals surface area (Å²) < 4.78 is 42.0. The van der Waals surface area contributed by atoms with Crippen LogP contribution >= 0.6 is 0 Å². The van der Waals surface area contributed by atoms with Gasteiger partial charge < -0.3 is 9.84 Å². The Bertz CT molecular complexity index is 597. The largest absolute Gasteiger partial charge is 0.487 e. The molecular formula is C13H15FO4S. The summed E-state index contributed by atoms with van der Waals surface area (Å²) in [5.74, 6) is 0.204. The van der Waals surface area contributed by atoms with Crippen LogP contribution in [-0.4, -0.2) is 30.6 Å². The number of hydrogen-bond donors (Lipinski definition) is 1. The Morgan fingerprint density at radius 1 is 1.32 bits per heavy atom. The zero-order valence-corrected chi connectivity index (χ0v) is 11.1. The van der Waals surface area contributed by atoms with E-state index in [0.717, 1.165) is 0 Å². The van der Waals surface area contributed by atoms with E-state index in [1.807, 2.05) is 0 Å². The van der Waals surface area contributed by atoms with Gasteiger partial charge in [-0.1, -0.05) is 0 Å². The zero-order valence-electron chi connectivity index (χ0n) is 10.3. The van der Waals surface area contributed by atoms with Gasteiger partial charge in [0.1, 0.15) is 17.2 Å². The average Bonchev–Trinajstić information content (AvgIpc) is 2.35. The Morgan fingerprint density at radius 2 is 2.00 bits per heavy atom. The molecule has 3 rings (SSSR count). The summed E-state index contributed by atoms with van der Waals surface area (Å²) in [5.41, 5.74) is -0.186. The summed E-state index contributed by atoms with van der Waals surface area (Å²) in [5, 5.41) is 10.1. The van der Waals surface area contributed by atoms with Gasteiger partial charge in [0, 0.05) is 24.8 Å². The van der Waals surface area contributed by atoms with Crippen LogP contribution in [0.3, 0.4) is 0 Å². The van der Waals surface area contributed by atoms with E-state index in [1.165, 1.54) is 18.2 Å². The van der Waals surface area contributed by atoms with Crippen LogP contribution in [0.15, 0.2) is 18.2 Å². The Hall–Kier alpha value is -1.14. The lowest BCUT2D eigenvalue weighted by Crippen LogP contribution is -2.47. The lowest BCUT2D eigenvalue weighted by molar-refractivity contribution is -0.0210. The normalized spacial score (nSPS) is 27.6. The first-order chi connectivity index (χ1) is 8.89. The molecule has 1 saturated heterocycles. The van der Waals surface area contributed by atoms with E-state index in [0.29, 0.717) is 30.6 Å². The summed E-state index contributed by atoms with van der Waals surface area (Å²) in [4.78, 5) is 0. The molecule has 4 nitrogen and oxygen atoms in total. The third-order valence-corrected chi connectivity index (χ3v) is 5.61. The fourth-order valence-corrected chi connectivity index (χ4v) is 4.40. The van der Waals surface area contributed by atoms with Crippen LogP contribution in [0.25, 0.3) is 0 Å². The van der Waals surface area contributed by atoms with Gasteiger partial charge in [-0.2, -0.15) is 0 Å². The molecule has 0 radical (unpaired) electrons. The van der Waals surface area contributed by atoms with Crippen LogP contribution in [0.4, 0.5) is 4.39 Å². The third-order valence-electron chi connectivity index (χ3n) is 3.96. The number of ether oxygens (including phenoxy) is 1. The molecule has 104 valence electrons. The Labute approximate surface area is 111 Å². The summed E-state index contributed by atoms with van der Waals surface area (Å²) in [7, 11) is -2.98. The Morgan fingerprint density at radius 3 is 2.68 bits per heavy atom. The maximum absolute atomic E-state index is 13.2. The molecular weight excluding hydrogens is 271 g/mol. The van der Waals surface area contributed by atoms with Gasteiger partial charge in [0.25, 0.3) is 0 Å². The van der Waals surface area contributed by atoms with Crippen molar-refractivity contribution in [3.05, 3.63) is 29.6 Å². The van der Waals surface area contributed by atoms with Gasteiger partial charge in [0.2, 0.25) is 0 Å². The van der Waals surface area contributed by atoms with Gasteiger partial charge in [0.15, 0.2) is 9.84 Å². The molecule has 6 heteroatoms. The molecule has 1 aromatic rings. The van der Waals surface area contributed by atoms with Gasteiger partial charge in [-0.05, 0) is 18.2 Å². The fraction of sp³-hybridized carbons (Fsp3) is 0.538.